The van der Waals surface area contributed by atoms with E-state index in [1.807, 2.05) is 30.9 Å². The zero-order valence-corrected chi connectivity index (χ0v) is 26.0. The maximum atomic E-state index is 13.9. The minimum atomic E-state index is -4.44. The SMILES string of the molecule is CC(=O)O[C@@]12CC[C@H](N(CC(C)C)C(=O)C#Cc3ccc(C(F)(F)F)cc3)[C@@H]3Oc4cccc5c4[C@@]31CCN(CC1CC1)[C@@H]2C5. The molecule has 1 amide bonds. The molecule has 6 nitrogen and oxygen atoms in total. The quantitative estimate of drug-likeness (QED) is 0.305. The van der Waals surface area contributed by atoms with E-state index in [0.29, 0.717) is 30.9 Å². The number of esters is 1. The van der Waals surface area contributed by atoms with Crippen LogP contribution < -0.4 is 4.74 Å². The lowest BCUT2D eigenvalue weighted by molar-refractivity contribution is -0.224. The van der Waals surface area contributed by atoms with E-state index in [1.54, 1.807) is 0 Å². The molecule has 45 heavy (non-hydrogen) atoms. The summed E-state index contributed by atoms with van der Waals surface area (Å²) in [5, 5.41) is 0. The van der Waals surface area contributed by atoms with Crippen LogP contribution in [0.5, 0.6) is 5.75 Å². The monoisotopic (exact) mass is 620 g/mol. The van der Waals surface area contributed by atoms with Gasteiger partial charge in [-0.25, -0.2) is 0 Å². The summed E-state index contributed by atoms with van der Waals surface area (Å²) in [5.74, 6) is 6.49. The number of amides is 1. The second-order valence-electron chi connectivity index (χ2n) is 14.0. The van der Waals surface area contributed by atoms with E-state index in [4.69, 9.17) is 9.47 Å². The number of nitrogens with zero attached hydrogens (tertiary/aromatic N) is 2. The molecule has 1 spiro atoms. The molecule has 0 unspecified atom stereocenters. The van der Waals surface area contributed by atoms with Crippen LogP contribution in [-0.2, 0) is 32.3 Å². The van der Waals surface area contributed by atoms with E-state index >= 15 is 0 Å². The average Bonchev–Trinajstić information content (AvgIpc) is 3.73. The van der Waals surface area contributed by atoms with Gasteiger partial charge in [0.05, 0.1) is 23.1 Å². The van der Waals surface area contributed by atoms with Crippen molar-refractivity contribution in [2.24, 2.45) is 11.8 Å². The molecule has 2 aromatic carbocycles. The van der Waals surface area contributed by atoms with E-state index in [2.05, 4.69) is 22.8 Å². The standard InChI is InChI=1S/C36H39F3N2O4/c1-22(2)20-41(31(43)14-11-24-9-12-27(13-10-24)36(37,38)39)28-15-16-35(45-23(3)42)30-19-26-5-4-6-29-32(26)34(35,33(28)44-29)17-18-40(30)21-25-7-8-25/h4-6,9-10,12-13,22,25,28,30,33H,7-8,15-21H2,1-3H3/t28-,30+,33-,34-,35+/m0/s1. The Balaban J connectivity index is 1.27. The van der Waals surface area contributed by atoms with Gasteiger partial charge in [-0.05, 0) is 92.8 Å². The number of piperidine rings is 1. The van der Waals surface area contributed by atoms with Gasteiger partial charge < -0.3 is 14.4 Å². The van der Waals surface area contributed by atoms with Crippen molar-refractivity contribution in [3.05, 3.63) is 64.7 Å². The highest BCUT2D eigenvalue weighted by atomic mass is 19.4. The van der Waals surface area contributed by atoms with Gasteiger partial charge in [0.1, 0.15) is 17.5 Å². The molecule has 0 aromatic heterocycles. The van der Waals surface area contributed by atoms with Crippen LogP contribution in [0.2, 0.25) is 0 Å². The third-order valence-corrected chi connectivity index (χ3v) is 10.7. The fourth-order valence-corrected chi connectivity index (χ4v) is 8.88. The van der Waals surface area contributed by atoms with Gasteiger partial charge in [0.2, 0.25) is 0 Å². The molecule has 3 aliphatic carbocycles. The van der Waals surface area contributed by atoms with Crippen molar-refractivity contribution in [1.82, 2.24) is 9.80 Å². The van der Waals surface area contributed by atoms with Gasteiger partial charge in [-0.2, -0.15) is 13.2 Å². The number of carbonyl (C=O) groups is 2. The van der Waals surface area contributed by atoms with Crippen LogP contribution in [-0.4, -0.2) is 65.1 Å². The molecule has 7 rings (SSSR count). The first-order valence-corrected chi connectivity index (χ1v) is 16.2. The van der Waals surface area contributed by atoms with E-state index in [0.717, 1.165) is 49.4 Å². The molecule has 2 aliphatic heterocycles. The predicted molar refractivity (Wildman–Crippen MR) is 161 cm³/mol. The zero-order chi connectivity index (χ0) is 31.7. The van der Waals surface area contributed by atoms with E-state index in [9.17, 15) is 22.8 Å². The van der Waals surface area contributed by atoms with Crippen LogP contribution in [0.3, 0.4) is 0 Å². The highest BCUT2D eigenvalue weighted by molar-refractivity contribution is 5.94. The van der Waals surface area contributed by atoms with Gasteiger partial charge in [-0.3, -0.25) is 14.5 Å². The molecule has 0 N–H and O–H groups in total. The molecule has 2 saturated carbocycles. The molecular formula is C36H39F3N2O4. The minimum absolute atomic E-state index is 0.0253. The molecule has 2 heterocycles. The smallest absolute Gasteiger partial charge is 0.416 e. The molecule has 5 aliphatic rings. The summed E-state index contributed by atoms with van der Waals surface area (Å²) >= 11 is 0. The molecule has 2 bridgehead atoms. The van der Waals surface area contributed by atoms with Crippen molar-refractivity contribution >= 4 is 11.9 Å². The number of hydrogen-bond donors (Lipinski definition) is 0. The van der Waals surface area contributed by atoms with Crippen molar-refractivity contribution in [2.75, 3.05) is 19.6 Å². The third-order valence-electron chi connectivity index (χ3n) is 10.7. The summed E-state index contributed by atoms with van der Waals surface area (Å²) in [4.78, 5) is 31.2. The Bertz CT molecular complexity index is 1570. The van der Waals surface area contributed by atoms with Crippen molar-refractivity contribution in [3.8, 4) is 17.6 Å². The van der Waals surface area contributed by atoms with E-state index in [1.165, 1.54) is 37.5 Å². The summed E-state index contributed by atoms with van der Waals surface area (Å²) in [6.07, 6.45) is 0.342. The van der Waals surface area contributed by atoms with Gasteiger partial charge in [-0.1, -0.05) is 31.9 Å². The van der Waals surface area contributed by atoms with Crippen molar-refractivity contribution in [2.45, 2.75) is 94.7 Å². The summed E-state index contributed by atoms with van der Waals surface area (Å²) in [5.41, 5.74) is 0.566. The number of halogens is 3. The maximum absolute atomic E-state index is 13.9. The molecule has 0 radical (unpaired) electrons. The summed E-state index contributed by atoms with van der Waals surface area (Å²) in [7, 11) is 0. The van der Waals surface area contributed by atoms with Crippen molar-refractivity contribution in [1.29, 1.82) is 0 Å². The van der Waals surface area contributed by atoms with Crippen LogP contribution in [0.25, 0.3) is 0 Å². The first-order chi connectivity index (χ1) is 21.4. The number of likely N-dealkylation sites (tertiary alicyclic amines) is 1. The van der Waals surface area contributed by atoms with Gasteiger partial charge in [-0.15, -0.1) is 0 Å². The number of rotatable bonds is 6. The van der Waals surface area contributed by atoms with Gasteiger partial charge in [0.15, 0.2) is 0 Å². The van der Waals surface area contributed by atoms with Crippen molar-refractivity contribution in [3.63, 3.8) is 0 Å². The topological polar surface area (TPSA) is 59.1 Å². The summed E-state index contributed by atoms with van der Waals surface area (Å²) in [6.45, 7) is 7.91. The Kier molecular flexibility index (Phi) is 7.23. The molecular weight excluding hydrogens is 581 g/mol. The molecule has 5 atom stereocenters. The average molecular weight is 621 g/mol. The largest absolute Gasteiger partial charge is 0.487 e. The molecule has 9 heteroatoms. The Morgan fingerprint density at radius 3 is 2.53 bits per heavy atom. The predicted octanol–water partition coefficient (Wildman–Crippen LogP) is 5.75. The fraction of sp³-hybridized carbons (Fsp3) is 0.556. The number of benzene rings is 2. The highest BCUT2D eigenvalue weighted by Crippen LogP contribution is 2.66. The molecule has 1 saturated heterocycles. The lowest BCUT2D eigenvalue weighted by Crippen LogP contribution is -2.79. The minimum Gasteiger partial charge on any atom is -0.487 e. The van der Waals surface area contributed by atoms with Crippen LogP contribution in [0.15, 0.2) is 42.5 Å². The number of carbonyl (C=O) groups excluding carboxylic acids is 2. The highest BCUT2D eigenvalue weighted by Gasteiger charge is 2.75. The second kappa shape index (κ2) is 10.8. The molecule has 2 aromatic rings. The Labute approximate surface area is 262 Å². The third kappa shape index (κ3) is 4.91. The Morgan fingerprint density at radius 1 is 1.11 bits per heavy atom. The molecule has 238 valence electrons. The van der Waals surface area contributed by atoms with Gasteiger partial charge in [0, 0.05) is 37.1 Å². The fourth-order valence-electron chi connectivity index (χ4n) is 8.88. The van der Waals surface area contributed by atoms with Gasteiger partial charge in [0.25, 0.3) is 5.91 Å². The summed E-state index contributed by atoms with van der Waals surface area (Å²) < 4.78 is 52.6. The van der Waals surface area contributed by atoms with Gasteiger partial charge >= 0.3 is 12.1 Å². The first kappa shape index (κ1) is 30.2. The lowest BCUT2D eigenvalue weighted by atomic mass is 9.48. The van der Waals surface area contributed by atoms with Crippen LogP contribution in [0.1, 0.15) is 75.1 Å². The second-order valence-corrected chi connectivity index (χ2v) is 14.0. The lowest BCUT2D eigenvalue weighted by Gasteiger charge is -2.65. The van der Waals surface area contributed by atoms with E-state index < -0.39 is 28.9 Å². The number of alkyl halides is 3. The summed E-state index contributed by atoms with van der Waals surface area (Å²) in [6, 6.07) is 10.4. The van der Waals surface area contributed by atoms with Crippen LogP contribution in [0.4, 0.5) is 13.2 Å². The van der Waals surface area contributed by atoms with Crippen molar-refractivity contribution < 1.29 is 32.2 Å². The Hall–Kier alpha value is -3.51. The van der Waals surface area contributed by atoms with Crippen LogP contribution >= 0.6 is 0 Å². The number of hydrogen-bond acceptors (Lipinski definition) is 5. The Morgan fingerprint density at radius 2 is 1.87 bits per heavy atom. The van der Waals surface area contributed by atoms with Crippen LogP contribution in [0, 0.1) is 23.7 Å². The number of ether oxygens (including phenoxy) is 2. The maximum Gasteiger partial charge on any atom is 0.416 e. The molecule has 3 fully saturated rings. The first-order valence-electron chi connectivity index (χ1n) is 16.2. The normalized spacial score (nSPS) is 29.7. The van der Waals surface area contributed by atoms with E-state index in [-0.39, 0.29) is 29.9 Å². The zero-order valence-electron chi connectivity index (χ0n) is 26.0.